The van der Waals surface area contributed by atoms with Crippen molar-refractivity contribution in [2.24, 2.45) is 7.05 Å². The maximum atomic E-state index is 11.6. The highest BCUT2D eigenvalue weighted by Gasteiger charge is 2.29. The highest BCUT2D eigenvalue weighted by atomic mass is 32.1. The Balaban J connectivity index is 1.82. The summed E-state index contributed by atoms with van der Waals surface area (Å²) in [5.74, 6) is -0.214. The van der Waals surface area contributed by atoms with Crippen molar-refractivity contribution in [3.8, 4) is 11.3 Å². The van der Waals surface area contributed by atoms with Crippen molar-refractivity contribution >= 4 is 23.2 Å². The molecule has 0 aromatic carbocycles. The van der Waals surface area contributed by atoms with E-state index < -0.39 is 0 Å². The quantitative estimate of drug-likeness (QED) is 0.803. The van der Waals surface area contributed by atoms with E-state index in [4.69, 9.17) is 0 Å². The van der Waals surface area contributed by atoms with Crippen LogP contribution in [-0.4, -0.2) is 31.5 Å². The van der Waals surface area contributed by atoms with Gasteiger partial charge in [-0.15, -0.1) is 11.3 Å². The molecule has 104 valence electrons. The molecule has 0 unspecified atom stereocenters. The summed E-state index contributed by atoms with van der Waals surface area (Å²) in [6.07, 6.45) is 2.55. The summed E-state index contributed by atoms with van der Waals surface area (Å²) in [5.41, 5.74) is 2.74. The zero-order valence-corrected chi connectivity index (χ0v) is 12.1. The lowest BCUT2D eigenvalue weighted by Crippen LogP contribution is -2.28. The second kappa shape index (κ2) is 4.82. The smallest absolute Gasteiger partial charge is 0.230 e. The molecule has 1 aliphatic heterocycles. The van der Waals surface area contributed by atoms with Crippen molar-refractivity contribution in [3.63, 3.8) is 0 Å². The number of amides is 2. The minimum atomic E-state index is -0.107. The maximum Gasteiger partial charge on any atom is 0.230 e. The molecule has 2 amide bonds. The first-order valence-electron chi connectivity index (χ1n) is 6.33. The molecule has 0 radical (unpaired) electrons. The van der Waals surface area contributed by atoms with E-state index in [1.165, 1.54) is 16.2 Å². The number of carbonyl (C=O) groups is 2. The fourth-order valence-electron chi connectivity index (χ4n) is 2.29. The second-order valence-corrected chi connectivity index (χ2v) is 5.74. The normalized spacial score (nSPS) is 15.4. The third-order valence-corrected chi connectivity index (χ3v) is 4.12. The van der Waals surface area contributed by atoms with E-state index in [9.17, 15) is 9.59 Å². The predicted molar refractivity (Wildman–Crippen MR) is 73.8 cm³/mol. The van der Waals surface area contributed by atoms with E-state index in [1.54, 1.807) is 4.68 Å². The van der Waals surface area contributed by atoms with Crippen molar-refractivity contribution in [3.05, 3.63) is 22.3 Å². The van der Waals surface area contributed by atoms with E-state index in [2.05, 4.69) is 10.1 Å². The van der Waals surface area contributed by atoms with E-state index in [0.717, 1.165) is 22.0 Å². The van der Waals surface area contributed by atoms with Gasteiger partial charge in [-0.2, -0.15) is 5.10 Å². The van der Waals surface area contributed by atoms with Crippen LogP contribution in [0.25, 0.3) is 11.3 Å². The Labute approximate surface area is 120 Å². The van der Waals surface area contributed by atoms with Crippen LogP contribution in [0.5, 0.6) is 0 Å². The van der Waals surface area contributed by atoms with Gasteiger partial charge < -0.3 is 0 Å². The number of aryl methyl sites for hydroxylation is 2. The summed E-state index contributed by atoms with van der Waals surface area (Å²) in [5, 5.41) is 6.99. The van der Waals surface area contributed by atoms with Crippen molar-refractivity contribution in [1.29, 1.82) is 0 Å². The average Bonchev–Trinajstić information content (AvgIpc) is 3.06. The average molecular weight is 290 g/mol. The molecular formula is C13H14N4O2S. The molecule has 0 atom stereocenters. The van der Waals surface area contributed by atoms with Crippen LogP contribution in [0.2, 0.25) is 0 Å². The van der Waals surface area contributed by atoms with E-state index in [0.29, 0.717) is 12.8 Å². The number of nitrogens with zero attached hydrogens (tertiary/aromatic N) is 4. The first-order chi connectivity index (χ1) is 9.54. The van der Waals surface area contributed by atoms with Gasteiger partial charge in [0.15, 0.2) is 0 Å². The highest BCUT2D eigenvalue weighted by Crippen LogP contribution is 2.26. The third kappa shape index (κ3) is 2.24. The Bertz CT molecular complexity index is 672. The summed E-state index contributed by atoms with van der Waals surface area (Å²) in [4.78, 5) is 29.0. The fraction of sp³-hybridized carbons (Fsp3) is 0.385. The van der Waals surface area contributed by atoms with Gasteiger partial charge in [-0.1, -0.05) is 0 Å². The Kier molecular flexibility index (Phi) is 3.13. The number of hydrogen-bond donors (Lipinski definition) is 0. The third-order valence-electron chi connectivity index (χ3n) is 3.29. The first-order valence-corrected chi connectivity index (χ1v) is 7.21. The number of likely N-dealkylation sites (tertiary alicyclic amines) is 1. The van der Waals surface area contributed by atoms with Gasteiger partial charge >= 0.3 is 0 Å². The van der Waals surface area contributed by atoms with Gasteiger partial charge in [-0.05, 0) is 6.92 Å². The number of thiazole rings is 1. The summed E-state index contributed by atoms with van der Waals surface area (Å²) in [7, 11) is 1.87. The minimum Gasteiger partial charge on any atom is -0.276 e. The molecule has 3 heterocycles. The Morgan fingerprint density at radius 2 is 2.00 bits per heavy atom. The van der Waals surface area contributed by atoms with Gasteiger partial charge in [0, 0.05) is 37.0 Å². The Morgan fingerprint density at radius 1 is 1.30 bits per heavy atom. The van der Waals surface area contributed by atoms with Crippen LogP contribution in [0.1, 0.15) is 23.5 Å². The Morgan fingerprint density at radius 3 is 2.60 bits per heavy atom. The predicted octanol–water partition coefficient (Wildman–Crippen LogP) is 1.50. The number of imide groups is 1. The van der Waals surface area contributed by atoms with E-state index in [1.807, 2.05) is 25.5 Å². The first kappa shape index (κ1) is 13.0. The van der Waals surface area contributed by atoms with Crippen LogP contribution in [0, 0.1) is 6.92 Å². The van der Waals surface area contributed by atoms with E-state index in [-0.39, 0.29) is 18.4 Å². The molecule has 0 spiro atoms. The molecule has 1 aliphatic rings. The van der Waals surface area contributed by atoms with Gasteiger partial charge in [0.2, 0.25) is 11.8 Å². The Hall–Kier alpha value is -2.02. The van der Waals surface area contributed by atoms with Crippen LogP contribution >= 0.6 is 11.3 Å². The van der Waals surface area contributed by atoms with Gasteiger partial charge in [-0.25, -0.2) is 4.98 Å². The maximum absolute atomic E-state index is 11.6. The van der Waals surface area contributed by atoms with Crippen molar-refractivity contribution in [1.82, 2.24) is 19.7 Å². The lowest BCUT2D eigenvalue weighted by atomic mass is 10.2. The molecule has 1 fully saturated rings. The molecule has 0 bridgehead atoms. The molecule has 0 aliphatic carbocycles. The molecular weight excluding hydrogens is 276 g/mol. The van der Waals surface area contributed by atoms with Crippen LogP contribution in [-0.2, 0) is 23.2 Å². The lowest BCUT2D eigenvalue weighted by molar-refractivity contribution is -0.139. The lowest BCUT2D eigenvalue weighted by Gasteiger charge is -2.10. The summed E-state index contributed by atoms with van der Waals surface area (Å²) in [6.45, 7) is 2.21. The summed E-state index contributed by atoms with van der Waals surface area (Å²) >= 11 is 1.46. The number of carbonyl (C=O) groups excluding carboxylic acids is 2. The highest BCUT2D eigenvalue weighted by molar-refractivity contribution is 7.09. The molecule has 3 rings (SSSR count). The monoisotopic (exact) mass is 290 g/mol. The van der Waals surface area contributed by atoms with Crippen molar-refractivity contribution < 1.29 is 9.59 Å². The largest absolute Gasteiger partial charge is 0.276 e. The number of hydrogen-bond acceptors (Lipinski definition) is 5. The van der Waals surface area contributed by atoms with E-state index >= 15 is 0 Å². The molecule has 20 heavy (non-hydrogen) atoms. The van der Waals surface area contributed by atoms with Gasteiger partial charge in [0.25, 0.3) is 0 Å². The molecule has 2 aromatic heterocycles. The summed E-state index contributed by atoms with van der Waals surface area (Å²) < 4.78 is 1.75. The zero-order chi connectivity index (χ0) is 14.3. The second-order valence-electron chi connectivity index (χ2n) is 4.80. The van der Waals surface area contributed by atoms with Gasteiger partial charge in [-0.3, -0.25) is 19.2 Å². The molecule has 0 N–H and O–H groups in total. The fourth-order valence-corrected chi connectivity index (χ4v) is 3.07. The number of rotatable bonds is 3. The molecule has 2 aromatic rings. The number of aromatic nitrogens is 3. The molecule has 0 saturated carbocycles. The standard InChI is InChI=1S/C13H14N4O2S/c1-8-9(5-16(2)15-8)10-7-20-11(14-10)6-17-12(18)3-4-13(17)19/h5,7H,3-4,6H2,1-2H3. The SMILES string of the molecule is Cc1nn(C)cc1-c1csc(CN2C(=O)CCC2=O)n1. The molecule has 7 heteroatoms. The van der Waals surface area contributed by atoms with Crippen molar-refractivity contribution in [2.45, 2.75) is 26.3 Å². The van der Waals surface area contributed by atoms with Gasteiger partial charge in [0.05, 0.1) is 17.9 Å². The zero-order valence-electron chi connectivity index (χ0n) is 11.3. The minimum absolute atomic E-state index is 0.107. The molecule has 1 saturated heterocycles. The van der Waals surface area contributed by atoms with Crippen LogP contribution in [0.3, 0.4) is 0 Å². The van der Waals surface area contributed by atoms with Crippen LogP contribution < -0.4 is 0 Å². The summed E-state index contributed by atoms with van der Waals surface area (Å²) in [6, 6.07) is 0. The van der Waals surface area contributed by atoms with Crippen LogP contribution in [0.4, 0.5) is 0 Å². The van der Waals surface area contributed by atoms with Gasteiger partial charge in [0.1, 0.15) is 5.01 Å². The van der Waals surface area contributed by atoms with Crippen LogP contribution in [0.15, 0.2) is 11.6 Å². The topological polar surface area (TPSA) is 68.1 Å². The molecule has 6 nitrogen and oxygen atoms in total. The van der Waals surface area contributed by atoms with Crippen molar-refractivity contribution in [2.75, 3.05) is 0 Å².